The van der Waals surface area contributed by atoms with Crippen LogP contribution < -0.4 is 5.73 Å². The molecule has 0 aromatic carbocycles. The molecule has 0 amide bonds. The molecule has 0 saturated heterocycles. The lowest BCUT2D eigenvalue weighted by atomic mass is 9.99. The van der Waals surface area contributed by atoms with Gasteiger partial charge in [-0.15, -0.1) is 0 Å². The Morgan fingerprint density at radius 2 is 2.00 bits per heavy atom. The lowest BCUT2D eigenvalue weighted by molar-refractivity contribution is -0.149. The Morgan fingerprint density at radius 1 is 1.26 bits per heavy atom. The van der Waals surface area contributed by atoms with Crippen LogP contribution in [-0.4, -0.2) is 30.8 Å². The topological polar surface area (TPSA) is 61.5 Å². The summed E-state index contributed by atoms with van der Waals surface area (Å²) in [4.78, 5) is 11.8. The van der Waals surface area contributed by atoms with E-state index >= 15 is 0 Å². The van der Waals surface area contributed by atoms with Crippen molar-refractivity contribution in [2.75, 3.05) is 13.2 Å². The molecule has 2 atom stereocenters. The Bertz CT molecular complexity index is 270. The fourth-order valence-corrected chi connectivity index (χ4v) is 2.59. The van der Waals surface area contributed by atoms with Gasteiger partial charge in [-0.05, 0) is 26.2 Å². The monoisotopic (exact) mass is 271 g/mol. The smallest absolute Gasteiger partial charge is 0.326 e. The van der Waals surface area contributed by atoms with Crippen molar-refractivity contribution in [2.45, 2.75) is 76.9 Å². The maximum absolute atomic E-state index is 11.8. The summed E-state index contributed by atoms with van der Waals surface area (Å²) in [5.41, 5.74) is 5.28. The molecule has 2 N–H and O–H groups in total. The Labute approximate surface area is 117 Å². The van der Waals surface area contributed by atoms with Crippen LogP contribution in [0, 0.1) is 0 Å². The number of hydrogen-bond donors (Lipinski definition) is 1. The normalized spacial score (nSPS) is 26.6. The minimum Gasteiger partial charge on any atom is -0.465 e. The standard InChI is InChI=1S/C15H29NO3/c1-3-5-6-7-8-11-19-13-9-10-15(16,12-13)14(17)18-4-2/h13H,3-12,16H2,1-2H3. The van der Waals surface area contributed by atoms with Crippen molar-refractivity contribution >= 4 is 5.97 Å². The molecule has 1 aliphatic rings. The molecular weight excluding hydrogens is 242 g/mol. The van der Waals surface area contributed by atoms with Crippen LogP contribution >= 0.6 is 0 Å². The quantitative estimate of drug-likeness (QED) is 0.517. The van der Waals surface area contributed by atoms with Gasteiger partial charge in [-0.3, -0.25) is 4.79 Å². The van der Waals surface area contributed by atoms with Gasteiger partial charge >= 0.3 is 5.97 Å². The van der Waals surface area contributed by atoms with Gasteiger partial charge in [0.15, 0.2) is 0 Å². The Morgan fingerprint density at radius 3 is 2.68 bits per heavy atom. The molecule has 0 spiro atoms. The van der Waals surface area contributed by atoms with Gasteiger partial charge in [0, 0.05) is 13.0 Å². The van der Waals surface area contributed by atoms with E-state index in [-0.39, 0.29) is 12.1 Å². The van der Waals surface area contributed by atoms with Crippen molar-refractivity contribution in [2.24, 2.45) is 5.73 Å². The number of hydrogen-bond acceptors (Lipinski definition) is 4. The molecule has 1 saturated carbocycles. The van der Waals surface area contributed by atoms with Crippen molar-refractivity contribution in [3.05, 3.63) is 0 Å². The number of rotatable bonds is 9. The van der Waals surface area contributed by atoms with Crippen molar-refractivity contribution in [1.82, 2.24) is 0 Å². The van der Waals surface area contributed by atoms with E-state index in [2.05, 4.69) is 6.92 Å². The molecule has 4 nitrogen and oxygen atoms in total. The van der Waals surface area contributed by atoms with Crippen LogP contribution in [0.25, 0.3) is 0 Å². The van der Waals surface area contributed by atoms with Crippen molar-refractivity contribution < 1.29 is 14.3 Å². The van der Waals surface area contributed by atoms with E-state index in [1.807, 2.05) is 0 Å². The van der Waals surface area contributed by atoms with Gasteiger partial charge in [-0.25, -0.2) is 0 Å². The number of carbonyl (C=O) groups is 1. The van der Waals surface area contributed by atoms with E-state index in [1.54, 1.807) is 6.92 Å². The zero-order valence-corrected chi connectivity index (χ0v) is 12.5. The van der Waals surface area contributed by atoms with Crippen LogP contribution in [0.2, 0.25) is 0 Å². The van der Waals surface area contributed by atoms with E-state index in [0.717, 1.165) is 19.4 Å². The van der Waals surface area contributed by atoms with E-state index < -0.39 is 5.54 Å². The third-order valence-corrected chi connectivity index (χ3v) is 3.79. The molecule has 0 heterocycles. The van der Waals surface area contributed by atoms with Gasteiger partial charge < -0.3 is 15.2 Å². The molecule has 2 unspecified atom stereocenters. The van der Waals surface area contributed by atoms with Crippen molar-refractivity contribution in [1.29, 1.82) is 0 Å². The molecule has 0 radical (unpaired) electrons. The minimum absolute atomic E-state index is 0.126. The van der Waals surface area contributed by atoms with E-state index in [9.17, 15) is 4.79 Å². The lowest BCUT2D eigenvalue weighted by Crippen LogP contribution is -2.47. The van der Waals surface area contributed by atoms with Crippen LogP contribution in [0.4, 0.5) is 0 Å². The zero-order chi connectivity index (χ0) is 14.1. The first kappa shape index (κ1) is 16.4. The fraction of sp³-hybridized carbons (Fsp3) is 0.933. The van der Waals surface area contributed by atoms with Gasteiger partial charge in [0.1, 0.15) is 5.54 Å². The van der Waals surface area contributed by atoms with Crippen molar-refractivity contribution in [3.8, 4) is 0 Å². The first-order chi connectivity index (χ1) is 9.12. The summed E-state index contributed by atoms with van der Waals surface area (Å²) in [6, 6.07) is 0. The number of nitrogens with two attached hydrogens (primary N) is 1. The highest BCUT2D eigenvalue weighted by molar-refractivity contribution is 5.81. The fourth-order valence-electron chi connectivity index (χ4n) is 2.59. The predicted octanol–water partition coefficient (Wildman–Crippen LogP) is 2.79. The predicted molar refractivity (Wildman–Crippen MR) is 75.9 cm³/mol. The number of ether oxygens (including phenoxy) is 2. The number of carbonyl (C=O) groups excluding carboxylic acids is 1. The third kappa shape index (κ3) is 5.49. The second-order valence-corrected chi connectivity index (χ2v) is 5.53. The molecule has 4 heteroatoms. The van der Waals surface area contributed by atoms with Crippen LogP contribution in [0.5, 0.6) is 0 Å². The summed E-state index contributed by atoms with van der Waals surface area (Å²) >= 11 is 0. The maximum Gasteiger partial charge on any atom is 0.326 e. The van der Waals surface area contributed by atoms with Crippen LogP contribution in [-0.2, 0) is 14.3 Å². The molecule has 1 fully saturated rings. The minimum atomic E-state index is -0.817. The SMILES string of the molecule is CCCCCCCOC1CCC(N)(C(=O)OCC)C1. The summed E-state index contributed by atoms with van der Waals surface area (Å²) in [5.74, 6) is -0.274. The van der Waals surface area contributed by atoms with Crippen LogP contribution in [0.3, 0.4) is 0 Å². The Hall–Kier alpha value is -0.610. The summed E-state index contributed by atoms with van der Waals surface area (Å²) in [7, 11) is 0. The average Bonchev–Trinajstić information content (AvgIpc) is 2.77. The van der Waals surface area contributed by atoms with Gasteiger partial charge in [0.25, 0.3) is 0 Å². The van der Waals surface area contributed by atoms with Gasteiger partial charge in [0.2, 0.25) is 0 Å². The first-order valence-electron chi connectivity index (χ1n) is 7.70. The summed E-state index contributed by atoms with van der Waals surface area (Å²) < 4.78 is 10.8. The van der Waals surface area contributed by atoms with E-state index in [0.29, 0.717) is 19.4 Å². The molecule has 0 bridgehead atoms. The molecular formula is C15H29NO3. The van der Waals surface area contributed by atoms with Crippen LogP contribution in [0.1, 0.15) is 65.2 Å². The molecule has 19 heavy (non-hydrogen) atoms. The first-order valence-corrected chi connectivity index (χ1v) is 7.70. The molecule has 0 aromatic heterocycles. The van der Waals surface area contributed by atoms with Gasteiger partial charge in [-0.1, -0.05) is 32.6 Å². The largest absolute Gasteiger partial charge is 0.465 e. The summed E-state index contributed by atoms with van der Waals surface area (Å²) in [5, 5.41) is 0. The lowest BCUT2D eigenvalue weighted by Gasteiger charge is -2.21. The van der Waals surface area contributed by atoms with Gasteiger partial charge in [0.05, 0.1) is 12.7 Å². The second kappa shape index (κ2) is 8.54. The molecule has 0 aromatic rings. The molecule has 112 valence electrons. The second-order valence-electron chi connectivity index (χ2n) is 5.53. The van der Waals surface area contributed by atoms with Crippen molar-refractivity contribution in [3.63, 3.8) is 0 Å². The molecule has 1 aliphatic carbocycles. The molecule has 0 aliphatic heterocycles. The Balaban J connectivity index is 2.16. The summed E-state index contributed by atoms with van der Waals surface area (Å²) in [6.45, 7) is 5.19. The zero-order valence-electron chi connectivity index (χ0n) is 12.5. The average molecular weight is 271 g/mol. The number of unbranched alkanes of at least 4 members (excludes halogenated alkanes) is 4. The maximum atomic E-state index is 11.8. The van der Waals surface area contributed by atoms with Gasteiger partial charge in [-0.2, -0.15) is 0 Å². The summed E-state index contributed by atoms with van der Waals surface area (Å²) in [6.07, 6.45) is 8.45. The highest BCUT2D eigenvalue weighted by atomic mass is 16.5. The van der Waals surface area contributed by atoms with Crippen LogP contribution in [0.15, 0.2) is 0 Å². The number of esters is 1. The highest BCUT2D eigenvalue weighted by Gasteiger charge is 2.43. The third-order valence-electron chi connectivity index (χ3n) is 3.79. The molecule has 1 rings (SSSR count). The van der Waals surface area contributed by atoms with E-state index in [1.165, 1.54) is 25.7 Å². The Kier molecular flexibility index (Phi) is 7.39. The highest BCUT2D eigenvalue weighted by Crippen LogP contribution is 2.31. The van der Waals surface area contributed by atoms with E-state index in [4.69, 9.17) is 15.2 Å².